The number of anilines is 1. The molecular formula is C22H30N3O4+. The molecule has 0 saturated carbocycles. The first-order valence-electron chi connectivity index (χ1n) is 9.93. The lowest BCUT2D eigenvalue weighted by Gasteiger charge is -2.36. The molecule has 156 valence electrons. The molecule has 0 aliphatic carbocycles. The van der Waals surface area contributed by atoms with Gasteiger partial charge in [-0.25, -0.2) is 4.79 Å². The zero-order valence-electron chi connectivity index (χ0n) is 17.8. The number of rotatable bonds is 6. The van der Waals surface area contributed by atoms with E-state index in [0.717, 1.165) is 37.6 Å². The van der Waals surface area contributed by atoms with Gasteiger partial charge in [0.15, 0.2) is 6.04 Å². The van der Waals surface area contributed by atoms with Crippen LogP contribution in [0.5, 0.6) is 5.75 Å². The molecule has 1 saturated heterocycles. The van der Waals surface area contributed by atoms with Gasteiger partial charge in [0.25, 0.3) is 0 Å². The summed E-state index contributed by atoms with van der Waals surface area (Å²) in [5.41, 5.74) is 3.39. The summed E-state index contributed by atoms with van der Waals surface area (Å²) in [5, 5.41) is 0. The maximum atomic E-state index is 13.2. The van der Waals surface area contributed by atoms with Gasteiger partial charge in [0.1, 0.15) is 5.75 Å². The van der Waals surface area contributed by atoms with E-state index in [4.69, 9.17) is 9.47 Å². The van der Waals surface area contributed by atoms with E-state index in [1.165, 1.54) is 12.0 Å². The van der Waals surface area contributed by atoms with E-state index in [0.29, 0.717) is 22.5 Å². The molecule has 0 amide bonds. The first-order chi connectivity index (χ1) is 13.9. The SMILES string of the molecule is COC(=O)c1c(C)[nH]c(C(=O)[C@H](C)[NH+]2CCN(c3ccccc3OC)CC2)c1C. The summed E-state index contributed by atoms with van der Waals surface area (Å²) in [6.07, 6.45) is 0. The summed E-state index contributed by atoms with van der Waals surface area (Å²) in [7, 11) is 3.04. The molecule has 7 nitrogen and oxygen atoms in total. The van der Waals surface area contributed by atoms with Crippen molar-refractivity contribution in [1.29, 1.82) is 0 Å². The summed E-state index contributed by atoms with van der Waals surface area (Å²) in [6, 6.07) is 7.82. The largest absolute Gasteiger partial charge is 0.495 e. The van der Waals surface area contributed by atoms with Crippen molar-refractivity contribution < 1.29 is 24.0 Å². The van der Waals surface area contributed by atoms with Crippen molar-refractivity contribution in [1.82, 2.24) is 4.98 Å². The predicted octanol–water partition coefficient (Wildman–Crippen LogP) is 1.40. The predicted molar refractivity (Wildman–Crippen MR) is 111 cm³/mol. The molecule has 1 fully saturated rings. The Morgan fingerprint density at radius 3 is 2.41 bits per heavy atom. The summed E-state index contributed by atoms with van der Waals surface area (Å²) in [6.45, 7) is 8.96. The van der Waals surface area contributed by atoms with Gasteiger partial charge < -0.3 is 24.3 Å². The third kappa shape index (κ3) is 4.00. The van der Waals surface area contributed by atoms with Crippen LogP contribution in [-0.4, -0.2) is 63.2 Å². The lowest BCUT2D eigenvalue weighted by Crippen LogP contribution is -3.18. The van der Waals surface area contributed by atoms with Crippen molar-refractivity contribution in [3.05, 3.63) is 46.8 Å². The highest BCUT2D eigenvalue weighted by molar-refractivity contribution is 6.03. The number of Topliss-reactive ketones (excluding diaryl/α,β-unsaturated/α-hetero) is 1. The van der Waals surface area contributed by atoms with Crippen molar-refractivity contribution in [2.45, 2.75) is 26.8 Å². The Hall–Kier alpha value is -2.80. The number of aryl methyl sites for hydroxylation is 1. The molecule has 1 aliphatic heterocycles. The van der Waals surface area contributed by atoms with Gasteiger partial charge in [-0.15, -0.1) is 0 Å². The highest BCUT2D eigenvalue weighted by Gasteiger charge is 2.33. The standard InChI is InChI=1S/C22H29N3O4/c1-14-19(22(27)29-5)15(2)23-20(14)21(26)16(3)24-10-12-25(13-11-24)17-8-6-7-9-18(17)28-4/h6-9,16,23H,10-13H2,1-5H3/p+1/t16-/m0/s1. The Kier molecular flexibility index (Phi) is 6.27. The summed E-state index contributed by atoms with van der Waals surface area (Å²) in [5.74, 6) is 0.482. The number of hydrogen-bond acceptors (Lipinski definition) is 5. The number of esters is 1. The lowest BCUT2D eigenvalue weighted by atomic mass is 10.0. The molecule has 1 aromatic heterocycles. The second-order valence-electron chi connectivity index (χ2n) is 7.52. The topological polar surface area (TPSA) is 76.1 Å². The minimum atomic E-state index is -0.416. The monoisotopic (exact) mass is 400 g/mol. The number of piperazine rings is 1. The van der Waals surface area contributed by atoms with Crippen LogP contribution < -0.4 is 14.5 Å². The third-order valence-corrected chi connectivity index (χ3v) is 5.91. The number of quaternary nitrogens is 1. The van der Waals surface area contributed by atoms with Crippen molar-refractivity contribution in [3.63, 3.8) is 0 Å². The number of para-hydroxylation sites is 2. The summed E-state index contributed by atoms with van der Waals surface area (Å²) >= 11 is 0. The van der Waals surface area contributed by atoms with Gasteiger partial charge in [0, 0.05) is 5.69 Å². The molecule has 2 aromatic rings. The van der Waals surface area contributed by atoms with E-state index < -0.39 is 5.97 Å². The number of hydrogen-bond donors (Lipinski definition) is 2. The first kappa shape index (κ1) is 20.9. The molecule has 0 unspecified atom stereocenters. The number of ketones is 1. The molecule has 0 bridgehead atoms. The summed E-state index contributed by atoms with van der Waals surface area (Å²) in [4.78, 5) is 31.8. The van der Waals surface area contributed by atoms with Crippen LogP contribution in [0.1, 0.15) is 39.0 Å². The molecule has 2 N–H and O–H groups in total. The fourth-order valence-corrected chi connectivity index (χ4v) is 4.17. The fourth-order valence-electron chi connectivity index (χ4n) is 4.17. The maximum Gasteiger partial charge on any atom is 0.339 e. The molecule has 1 aliphatic rings. The van der Waals surface area contributed by atoms with Gasteiger partial charge in [-0.05, 0) is 38.5 Å². The fraction of sp³-hybridized carbons (Fsp3) is 0.455. The van der Waals surface area contributed by atoms with Gasteiger partial charge in [-0.3, -0.25) is 4.79 Å². The Morgan fingerprint density at radius 2 is 1.79 bits per heavy atom. The molecule has 29 heavy (non-hydrogen) atoms. The number of methoxy groups -OCH3 is 2. The number of aromatic nitrogens is 1. The molecule has 0 radical (unpaired) electrons. The van der Waals surface area contributed by atoms with E-state index in [-0.39, 0.29) is 11.8 Å². The second-order valence-corrected chi connectivity index (χ2v) is 7.52. The maximum absolute atomic E-state index is 13.2. The Labute approximate surface area is 171 Å². The molecule has 2 heterocycles. The van der Waals surface area contributed by atoms with Crippen molar-refractivity contribution in [3.8, 4) is 5.75 Å². The normalized spacial score (nSPS) is 15.8. The number of benzene rings is 1. The van der Waals surface area contributed by atoms with Crippen LogP contribution >= 0.6 is 0 Å². The molecule has 0 spiro atoms. The molecule has 1 atom stereocenters. The highest BCUT2D eigenvalue weighted by atomic mass is 16.5. The average molecular weight is 400 g/mol. The number of aromatic amines is 1. The van der Waals surface area contributed by atoms with Crippen LogP contribution in [-0.2, 0) is 4.74 Å². The van der Waals surface area contributed by atoms with Crippen LogP contribution in [0.4, 0.5) is 5.69 Å². The Morgan fingerprint density at radius 1 is 1.14 bits per heavy atom. The van der Waals surface area contributed by atoms with E-state index in [2.05, 4.69) is 16.0 Å². The summed E-state index contributed by atoms with van der Waals surface area (Å²) < 4.78 is 10.3. The molecular weight excluding hydrogens is 370 g/mol. The van der Waals surface area contributed by atoms with Gasteiger partial charge >= 0.3 is 5.97 Å². The molecule has 3 rings (SSSR count). The van der Waals surface area contributed by atoms with Crippen molar-refractivity contribution in [2.24, 2.45) is 0 Å². The zero-order chi connectivity index (χ0) is 21.1. The number of nitrogens with zero attached hydrogens (tertiary/aromatic N) is 1. The Bertz CT molecular complexity index is 897. The minimum Gasteiger partial charge on any atom is -0.495 e. The smallest absolute Gasteiger partial charge is 0.339 e. The van der Waals surface area contributed by atoms with E-state index in [1.54, 1.807) is 21.0 Å². The number of nitrogens with one attached hydrogen (secondary N) is 2. The van der Waals surface area contributed by atoms with Crippen LogP contribution in [0.15, 0.2) is 24.3 Å². The van der Waals surface area contributed by atoms with Crippen LogP contribution in [0.2, 0.25) is 0 Å². The lowest BCUT2D eigenvalue weighted by molar-refractivity contribution is -0.914. The first-order valence-corrected chi connectivity index (χ1v) is 9.93. The van der Waals surface area contributed by atoms with E-state index in [9.17, 15) is 9.59 Å². The number of carbonyl (C=O) groups excluding carboxylic acids is 2. The minimum absolute atomic E-state index is 0.0292. The van der Waals surface area contributed by atoms with E-state index >= 15 is 0 Å². The van der Waals surface area contributed by atoms with Crippen LogP contribution in [0.3, 0.4) is 0 Å². The van der Waals surface area contributed by atoms with Crippen LogP contribution in [0.25, 0.3) is 0 Å². The van der Waals surface area contributed by atoms with Gasteiger partial charge in [0.05, 0.1) is 57.3 Å². The molecule has 1 aromatic carbocycles. The Balaban J connectivity index is 1.70. The van der Waals surface area contributed by atoms with Gasteiger partial charge in [-0.2, -0.15) is 0 Å². The van der Waals surface area contributed by atoms with Gasteiger partial charge in [0.2, 0.25) is 5.78 Å². The van der Waals surface area contributed by atoms with Crippen LogP contribution in [0, 0.1) is 13.8 Å². The van der Waals surface area contributed by atoms with Crippen molar-refractivity contribution in [2.75, 3.05) is 45.3 Å². The highest BCUT2D eigenvalue weighted by Crippen LogP contribution is 2.27. The molecule has 7 heteroatoms. The quantitative estimate of drug-likeness (QED) is 0.566. The third-order valence-electron chi connectivity index (χ3n) is 5.91. The average Bonchev–Trinajstić information content (AvgIpc) is 3.06. The number of ether oxygens (including phenoxy) is 2. The number of H-pyrrole nitrogens is 1. The zero-order valence-corrected chi connectivity index (χ0v) is 17.8. The van der Waals surface area contributed by atoms with E-state index in [1.807, 2.05) is 25.1 Å². The van der Waals surface area contributed by atoms with Gasteiger partial charge in [-0.1, -0.05) is 12.1 Å². The number of carbonyl (C=O) groups is 2. The second kappa shape index (κ2) is 8.69. The van der Waals surface area contributed by atoms with Crippen molar-refractivity contribution >= 4 is 17.4 Å².